The molecule has 0 aliphatic rings. The summed E-state index contributed by atoms with van der Waals surface area (Å²) in [6, 6.07) is 9.58. The Morgan fingerprint density at radius 2 is 1.58 bits per heavy atom. The molecule has 0 fully saturated rings. The molecule has 0 bridgehead atoms. The van der Waals surface area contributed by atoms with Gasteiger partial charge in [-0.15, -0.1) is 0 Å². The maximum Gasteiger partial charge on any atom is 0.257 e. The van der Waals surface area contributed by atoms with Crippen LogP contribution in [0.4, 0.5) is 25.8 Å². The lowest BCUT2D eigenvalue weighted by Crippen LogP contribution is -2.12. The molecule has 0 spiro atoms. The zero-order valence-electron chi connectivity index (χ0n) is 13.1. The summed E-state index contributed by atoms with van der Waals surface area (Å²) in [5.41, 5.74) is 1.46. The van der Waals surface area contributed by atoms with E-state index in [-0.39, 0.29) is 5.56 Å². The summed E-state index contributed by atoms with van der Waals surface area (Å²) in [7, 11) is 0. The first kappa shape index (κ1) is 18.1. The number of nitrogens with zero attached hydrogens (tertiary/aromatic N) is 1. The maximum absolute atomic E-state index is 13.3. The fraction of sp³-hybridized carbons (Fsp3) is 0. The Balaban J connectivity index is 1.77. The van der Waals surface area contributed by atoms with Gasteiger partial charge in [-0.05, 0) is 36.4 Å². The van der Waals surface area contributed by atoms with Crippen molar-refractivity contribution in [2.75, 3.05) is 10.6 Å². The van der Waals surface area contributed by atoms with Crippen LogP contribution in [-0.2, 0) is 0 Å². The molecule has 3 rings (SSSR count). The van der Waals surface area contributed by atoms with Gasteiger partial charge in [0, 0.05) is 33.7 Å². The molecule has 0 radical (unpaired) electrons. The number of amides is 1. The van der Waals surface area contributed by atoms with E-state index in [9.17, 15) is 13.6 Å². The third kappa shape index (κ3) is 4.47. The van der Waals surface area contributed by atoms with Gasteiger partial charge in [0.25, 0.3) is 5.91 Å². The van der Waals surface area contributed by atoms with Crippen LogP contribution in [0, 0.1) is 11.6 Å². The van der Waals surface area contributed by atoms with Gasteiger partial charge in [0.2, 0.25) is 0 Å². The van der Waals surface area contributed by atoms with Crippen molar-refractivity contribution >= 4 is 46.2 Å². The number of pyridine rings is 1. The number of anilines is 3. The lowest BCUT2D eigenvalue weighted by atomic mass is 10.2. The quantitative estimate of drug-likeness (QED) is 0.600. The molecule has 8 heteroatoms. The van der Waals surface area contributed by atoms with Gasteiger partial charge in [0.1, 0.15) is 0 Å². The number of hydrogen-bond donors (Lipinski definition) is 2. The topological polar surface area (TPSA) is 54.0 Å². The molecule has 26 heavy (non-hydrogen) atoms. The lowest BCUT2D eigenvalue weighted by Gasteiger charge is -2.09. The van der Waals surface area contributed by atoms with Crippen LogP contribution in [-0.4, -0.2) is 10.9 Å². The zero-order valence-corrected chi connectivity index (χ0v) is 14.6. The number of carbonyl (C=O) groups excluding carboxylic acids is 1. The molecule has 0 aliphatic carbocycles. The van der Waals surface area contributed by atoms with Crippen molar-refractivity contribution in [3.05, 3.63) is 82.1 Å². The van der Waals surface area contributed by atoms with Gasteiger partial charge in [0.05, 0.1) is 17.4 Å². The van der Waals surface area contributed by atoms with Crippen molar-refractivity contribution in [2.45, 2.75) is 0 Å². The first-order valence-electron chi connectivity index (χ1n) is 7.35. The summed E-state index contributed by atoms with van der Waals surface area (Å²) in [4.78, 5) is 16.3. The second kappa shape index (κ2) is 7.68. The first-order valence-corrected chi connectivity index (χ1v) is 8.11. The fourth-order valence-corrected chi connectivity index (χ4v) is 2.73. The monoisotopic (exact) mass is 393 g/mol. The van der Waals surface area contributed by atoms with E-state index in [4.69, 9.17) is 23.2 Å². The third-order valence-electron chi connectivity index (χ3n) is 3.33. The van der Waals surface area contributed by atoms with Crippen LogP contribution in [0.1, 0.15) is 10.4 Å². The highest BCUT2D eigenvalue weighted by Gasteiger charge is 2.10. The average Bonchev–Trinajstić information content (AvgIpc) is 2.57. The highest BCUT2D eigenvalue weighted by Crippen LogP contribution is 2.23. The van der Waals surface area contributed by atoms with E-state index in [0.717, 1.165) is 12.1 Å². The van der Waals surface area contributed by atoms with Gasteiger partial charge in [0.15, 0.2) is 11.6 Å². The van der Waals surface area contributed by atoms with Crippen molar-refractivity contribution in [1.29, 1.82) is 0 Å². The van der Waals surface area contributed by atoms with E-state index in [1.54, 1.807) is 18.2 Å². The first-order chi connectivity index (χ1) is 12.4. The molecule has 0 aliphatic heterocycles. The van der Waals surface area contributed by atoms with Crippen molar-refractivity contribution < 1.29 is 13.6 Å². The predicted molar refractivity (Wildman–Crippen MR) is 98.3 cm³/mol. The molecular weight excluding hydrogens is 383 g/mol. The Labute approximate surface area is 157 Å². The summed E-state index contributed by atoms with van der Waals surface area (Å²) >= 11 is 11.8. The minimum absolute atomic E-state index is 0.258. The summed E-state index contributed by atoms with van der Waals surface area (Å²) in [6.45, 7) is 0. The fourth-order valence-electron chi connectivity index (χ4n) is 2.20. The molecular formula is C18H11Cl2F2N3O. The van der Waals surface area contributed by atoms with E-state index < -0.39 is 17.5 Å². The molecule has 2 N–H and O–H groups in total. The van der Waals surface area contributed by atoms with Crippen LogP contribution >= 0.6 is 23.2 Å². The standard InChI is InChI=1S/C18H11Cl2F2N3O/c19-11-4-12(20)6-14(5-11)25-18(26)10-3-15(9-23-8-10)24-13-1-2-16(21)17(22)7-13/h1-9,24H,(H,25,26). The number of rotatable bonds is 4. The second-order valence-corrected chi connectivity index (χ2v) is 6.20. The average molecular weight is 394 g/mol. The van der Waals surface area contributed by atoms with Gasteiger partial charge in [-0.2, -0.15) is 0 Å². The molecule has 1 amide bonds. The molecule has 1 heterocycles. The number of carbonyl (C=O) groups is 1. The van der Waals surface area contributed by atoms with E-state index >= 15 is 0 Å². The van der Waals surface area contributed by atoms with E-state index in [1.165, 1.54) is 24.5 Å². The molecule has 0 saturated heterocycles. The summed E-state index contributed by atoms with van der Waals surface area (Å²) in [6.07, 6.45) is 2.83. The molecule has 0 saturated carbocycles. The normalized spacial score (nSPS) is 10.5. The molecule has 0 unspecified atom stereocenters. The Morgan fingerprint density at radius 1 is 0.846 bits per heavy atom. The smallest absolute Gasteiger partial charge is 0.257 e. The SMILES string of the molecule is O=C(Nc1cc(Cl)cc(Cl)c1)c1cncc(Nc2ccc(F)c(F)c2)c1. The number of nitrogens with one attached hydrogen (secondary N) is 2. The zero-order chi connectivity index (χ0) is 18.7. The number of hydrogen-bond acceptors (Lipinski definition) is 3. The maximum atomic E-state index is 13.3. The Kier molecular flexibility index (Phi) is 5.35. The predicted octanol–water partition coefficient (Wildman–Crippen LogP) is 5.66. The Bertz CT molecular complexity index is 962. The highest BCUT2D eigenvalue weighted by atomic mass is 35.5. The highest BCUT2D eigenvalue weighted by molar-refractivity contribution is 6.35. The molecule has 132 valence electrons. The molecule has 1 aromatic heterocycles. The second-order valence-electron chi connectivity index (χ2n) is 5.33. The third-order valence-corrected chi connectivity index (χ3v) is 3.77. The minimum atomic E-state index is -0.977. The van der Waals surface area contributed by atoms with Crippen molar-refractivity contribution in [1.82, 2.24) is 4.98 Å². The molecule has 3 aromatic rings. The van der Waals surface area contributed by atoms with Gasteiger partial charge < -0.3 is 10.6 Å². The van der Waals surface area contributed by atoms with Crippen molar-refractivity contribution in [3.8, 4) is 0 Å². The van der Waals surface area contributed by atoms with Gasteiger partial charge in [-0.3, -0.25) is 9.78 Å². The van der Waals surface area contributed by atoms with Crippen LogP contribution in [0.5, 0.6) is 0 Å². The molecule has 2 aromatic carbocycles. The van der Waals surface area contributed by atoms with Gasteiger partial charge >= 0.3 is 0 Å². The van der Waals surface area contributed by atoms with Crippen LogP contribution in [0.25, 0.3) is 0 Å². The number of halogens is 4. The summed E-state index contributed by atoms with van der Waals surface area (Å²) in [5, 5.41) is 6.30. The van der Waals surface area contributed by atoms with Gasteiger partial charge in [-0.1, -0.05) is 23.2 Å². The van der Waals surface area contributed by atoms with Crippen molar-refractivity contribution in [3.63, 3.8) is 0 Å². The van der Waals surface area contributed by atoms with E-state index in [2.05, 4.69) is 15.6 Å². The van der Waals surface area contributed by atoms with Crippen LogP contribution in [0.15, 0.2) is 54.9 Å². The Morgan fingerprint density at radius 3 is 2.27 bits per heavy atom. The largest absolute Gasteiger partial charge is 0.354 e. The van der Waals surface area contributed by atoms with Crippen LogP contribution in [0.3, 0.4) is 0 Å². The molecule has 4 nitrogen and oxygen atoms in total. The number of aromatic nitrogens is 1. The van der Waals surface area contributed by atoms with E-state index in [0.29, 0.717) is 27.1 Å². The van der Waals surface area contributed by atoms with Crippen molar-refractivity contribution in [2.24, 2.45) is 0 Å². The number of benzene rings is 2. The van der Waals surface area contributed by atoms with Crippen LogP contribution in [0.2, 0.25) is 10.0 Å². The van der Waals surface area contributed by atoms with E-state index in [1.807, 2.05) is 0 Å². The Hall–Kier alpha value is -2.70. The summed E-state index contributed by atoms with van der Waals surface area (Å²) in [5.74, 6) is -2.35. The molecule has 0 atom stereocenters. The summed E-state index contributed by atoms with van der Waals surface area (Å²) < 4.78 is 26.3. The van der Waals surface area contributed by atoms with Gasteiger partial charge in [-0.25, -0.2) is 8.78 Å². The van der Waals surface area contributed by atoms with Crippen LogP contribution < -0.4 is 10.6 Å². The minimum Gasteiger partial charge on any atom is -0.354 e. The lowest BCUT2D eigenvalue weighted by molar-refractivity contribution is 0.102.